The van der Waals surface area contributed by atoms with Crippen LogP contribution in [0.4, 0.5) is 0 Å². The quantitative estimate of drug-likeness (QED) is 0.325. The first-order valence-electron chi connectivity index (χ1n) is 9.63. The SMILES string of the molecule is Cc1ccc(-n2c(SCc3nc(-c4cccs4)no3)nnc2-c2ccccn2)c(C)c1. The lowest BCUT2D eigenvalue weighted by molar-refractivity contribution is 0.391. The second-order valence-corrected chi connectivity index (χ2v) is 8.81. The summed E-state index contributed by atoms with van der Waals surface area (Å²) in [4.78, 5) is 9.96. The molecule has 9 heteroatoms. The van der Waals surface area contributed by atoms with Crippen molar-refractivity contribution < 1.29 is 4.52 Å². The third-order valence-electron chi connectivity index (χ3n) is 4.65. The Hall–Kier alpha value is -3.30. The van der Waals surface area contributed by atoms with E-state index in [1.54, 1.807) is 17.5 Å². The van der Waals surface area contributed by atoms with E-state index in [9.17, 15) is 0 Å². The van der Waals surface area contributed by atoms with Gasteiger partial charge in [-0.25, -0.2) is 0 Å². The van der Waals surface area contributed by atoms with E-state index in [0.717, 1.165) is 27.0 Å². The van der Waals surface area contributed by atoms with Gasteiger partial charge in [-0.1, -0.05) is 46.7 Å². The smallest absolute Gasteiger partial charge is 0.237 e. The Morgan fingerprint density at radius 3 is 2.77 bits per heavy atom. The molecular weight excluding hydrogens is 428 g/mol. The van der Waals surface area contributed by atoms with Gasteiger partial charge in [-0.05, 0) is 49.1 Å². The minimum atomic E-state index is 0.490. The normalized spacial score (nSPS) is 11.2. The van der Waals surface area contributed by atoms with Gasteiger partial charge in [0.15, 0.2) is 11.0 Å². The standard InChI is InChI=1S/C22H18N6OS2/c1-14-8-9-17(15(2)12-14)28-21(16-6-3-4-10-23-16)25-26-22(28)31-13-19-24-20(27-29-19)18-7-5-11-30-18/h3-12H,13H2,1-2H3. The molecule has 4 aromatic heterocycles. The fraction of sp³-hybridized carbons (Fsp3) is 0.136. The van der Waals surface area contributed by atoms with E-state index >= 15 is 0 Å². The van der Waals surface area contributed by atoms with Gasteiger partial charge in [-0.3, -0.25) is 9.55 Å². The van der Waals surface area contributed by atoms with Crippen LogP contribution in [0, 0.1) is 13.8 Å². The molecule has 0 fully saturated rings. The summed E-state index contributed by atoms with van der Waals surface area (Å²) >= 11 is 3.08. The summed E-state index contributed by atoms with van der Waals surface area (Å²) in [5.41, 5.74) is 4.12. The molecule has 0 saturated heterocycles. The lowest BCUT2D eigenvalue weighted by Crippen LogP contribution is -2.03. The molecule has 5 aromatic rings. The number of pyridine rings is 1. The molecule has 0 spiro atoms. The average Bonchev–Trinajstić information content (AvgIpc) is 3.53. The van der Waals surface area contributed by atoms with Crippen LogP contribution in [0.2, 0.25) is 0 Å². The molecule has 0 saturated carbocycles. The molecule has 7 nitrogen and oxygen atoms in total. The van der Waals surface area contributed by atoms with Crippen LogP contribution in [-0.4, -0.2) is 29.9 Å². The highest BCUT2D eigenvalue weighted by molar-refractivity contribution is 7.98. The number of nitrogens with zero attached hydrogens (tertiary/aromatic N) is 6. The van der Waals surface area contributed by atoms with Gasteiger partial charge in [0.2, 0.25) is 11.7 Å². The van der Waals surface area contributed by atoms with Crippen LogP contribution in [0.1, 0.15) is 17.0 Å². The summed E-state index contributed by atoms with van der Waals surface area (Å²) in [5, 5.41) is 15.7. The minimum absolute atomic E-state index is 0.490. The van der Waals surface area contributed by atoms with E-state index in [0.29, 0.717) is 23.3 Å². The summed E-state index contributed by atoms with van der Waals surface area (Å²) in [6, 6.07) is 16.0. The lowest BCUT2D eigenvalue weighted by Gasteiger charge is -2.13. The molecule has 0 atom stereocenters. The van der Waals surface area contributed by atoms with E-state index in [1.165, 1.54) is 17.3 Å². The molecule has 0 aliphatic carbocycles. The molecule has 5 rings (SSSR count). The monoisotopic (exact) mass is 446 g/mol. The van der Waals surface area contributed by atoms with Crippen LogP contribution in [0.3, 0.4) is 0 Å². The largest absolute Gasteiger partial charge is 0.338 e. The summed E-state index contributed by atoms with van der Waals surface area (Å²) in [7, 11) is 0. The number of thioether (sulfide) groups is 1. The predicted octanol–water partition coefficient (Wildman–Crippen LogP) is 5.35. The molecule has 0 unspecified atom stereocenters. The molecule has 0 radical (unpaired) electrons. The van der Waals surface area contributed by atoms with Crippen molar-refractivity contribution in [3.05, 3.63) is 77.1 Å². The maximum atomic E-state index is 5.44. The highest BCUT2D eigenvalue weighted by Crippen LogP contribution is 2.31. The Morgan fingerprint density at radius 2 is 2.00 bits per heavy atom. The number of rotatable bonds is 6. The van der Waals surface area contributed by atoms with Crippen molar-refractivity contribution in [3.8, 4) is 27.9 Å². The maximum Gasteiger partial charge on any atom is 0.237 e. The van der Waals surface area contributed by atoms with Crippen molar-refractivity contribution in [1.82, 2.24) is 29.9 Å². The number of aryl methyl sites for hydroxylation is 2. The Morgan fingerprint density at radius 1 is 1.06 bits per heavy atom. The summed E-state index contributed by atoms with van der Waals surface area (Å²) in [6.07, 6.45) is 1.76. The Labute approximate surface area is 187 Å². The van der Waals surface area contributed by atoms with Crippen molar-refractivity contribution in [2.45, 2.75) is 24.8 Å². The predicted molar refractivity (Wildman–Crippen MR) is 121 cm³/mol. The van der Waals surface area contributed by atoms with E-state index in [4.69, 9.17) is 4.52 Å². The van der Waals surface area contributed by atoms with Crippen LogP contribution < -0.4 is 0 Å². The van der Waals surface area contributed by atoms with Gasteiger partial charge in [0.05, 0.1) is 16.3 Å². The van der Waals surface area contributed by atoms with Crippen molar-refractivity contribution in [3.63, 3.8) is 0 Å². The van der Waals surface area contributed by atoms with Gasteiger partial charge in [-0.2, -0.15) is 4.98 Å². The van der Waals surface area contributed by atoms with Crippen LogP contribution in [0.15, 0.2) is 69.8 Å². The molecule has 0 bridgehead atoms. The second kappa shape index (κ2) is 8.44. The van der Waals surface area contributed by atoms with Crippen LogP contribution in [-0.2, 0) is 5.75 Å². The molecule has 0 N–H and O–H groups in total. The Kier molecular flexibility index (Phi) is 5.35. The molecular formula is C22H18N6OS2. The third kappa shape index (κ3) is 4.01. The molecule has 4 heterocycles. The van der Waals surface area contributed by atoms with E-state index in [1.807, 2.05) is 40.3 Å². The van der Waals surface area contributed by atoms with Gasteiger partial charge in [0.1, 0.15) is 5.69 Å². The highest BCUT2D eigenvalue weighted by Gasteiger charge is 2.19. The average molecular weight is 447 g/mol. The van der Waals surface area contributed by atoms with Crippen molar-refractivity contribution in [1.29, 1.82) is 0 Å². The minimum Gasteiger partial charge on any atom is -0.338 e. The van der Waals surface area contributed by atoms with Crippen LogP contribution in [0.25, 0.3) is 27.9 Å². The Bertz CT molecular complexity index is 1310. The van der Waals surface area contributed by atoms with E-state index in [2.05, 4.69) is 57.4 Å². The summed E-state index contributed by atoms with van der Waals surface area (Å²) in [6.45, 7) is 4.17. The van der Waals surface area contributed by atoms with Crippen molar-refractivity contribution >= 4 is 23.1 Å². The molecule has 31 heavy (non-hydrogen) atoms. The molecule has 1 aromatic carbocycles. The summed E-state index contributed by atoms with van der Waals surface area (Å²) < 4.78 is 7.48. The zero-order valence-corrected chi connectivity index (χ0v) is 18.5. The lowest BCUT2D eigenvalue weighted by atomic mass is 10.1. The molecule has 0 aliphatic heterocycles. The third-order valence-corrected chi connectivity index (χ3v) is 6.43. The van der Waals surface area contributed by atoms with Gasteiger partial charge in [-0.15, -0.1) is 21.5 Å². The number of benzene rings is 1. The van der Waals surface area contributed by atoms with Gasteiger partial charge in [0, 0.05) is 6.20 Å². The van der Waals surface area contributed by atoms with Gasteiger partial charge >= 0.3 is 0 Å². The van der Waals surface area contributed by atoms with E-state index in [-0.39, 0.29) is 0 Å². The van der Waals surface area contributed by atoms with Gasteiger partial charge in [0.25, 0.3) is 0 Å². The first-order chi connectivity index (χ1) is 15.2. The first-order valence-corrected chi connectivity index (χ1v) is 11.5. The maximum absolute atomic E-state index is 5.44. The highest BCUT2D eigenvalue weighted by atomic mass is 32.2. The van der Waals surface area contributed by atoms with Crippen molar-refractivity contribution in [2.75, 3.05) is 0 Å². The number of hydrogen-bond donors (Lipinski definition) is 0. The first kappa shape index (κ1) is 19.7. The summed E-state index contributed by atoms with van der Waals surface area (Å²) in [5.74, 6) is 2.34. The van der Waals surface area contributed by atoms with E-state index < -0.39 is 0 Å². The van der Waals surface area contributed by atoms with Crippen LogP contribution >= 0.6 is 23.1 Å². The molecule has 154 valence electrons. The van der Waals surface area contributed by atoms with Crippen LogP contribution in [0.5, 0.6) is 0 Å². The number of thiophene rings is 1. The fourth-order valence-electron chi connectivity index (χ4n) is 3.24. The topological polar surface area (TPSA) is 82.5 Å². The zero-order chi connectivity index (χ0) is 21.2. The molecule has 0 aliphatic rings. The fourth-order valence-corrected chi connectivity index (χ4v) is 4.67. The number of aromatic nitrogens is 6. The second-order valence-electron chi connectivity index (χ2n) is 6.92. The zero-order valence-electron chi connectivity index (χ0n) is 16.9. The van der Waals surface area contributed by atoms with Crippen molar-refractivity contribution in [2.24, 2.45) is 0 Å². The van der Waals surface area contributed by atoms with Gasteiger partial charge < -0.3 is 4.52 Å². The molecule has 0 amide bonds. The Balaban J connectivity index is 1.49. The number of hydrogen-bond acceptors (Lipinski definition) is 8.